The number of hydrogen-bond acceptors (Lipinski definition) is 4. The summed E-state index contributed by atoms with van der Waals surface area (Å²) in [5.41, 5.74) is 2.45. The summed E-state index contributed by atoms with van der Waals surface area (Å²) in [7, 11) is 0. The van der Waals surface area contributed by atoms with Gasteiger partial charge in [-0.1, -0.05) is 45.0 Å². The summed E-state index contributed by atoms with van der Waals surface area (Å²) >= 11 is 5.13. The van der Waals surface area contributed by atoms with E-state index in [-0.39, 0.29) is 28.8 Å². The van der Waals surface area contributed by atoms with Gasteiger partial charge in [0.05, 0.1) is 0 Å². The Labute approximate surface area is 165 Å². The number of carbonyl (C=O) groups excluding carboxylic acids is 2. The third-order valence-electron chi connectivity index (χ3n) is 3.87. The second-order valence-electron chi connectivity index (χ2n) is 7.20. The lowest BCUT2D eigenvalue weighted by molar-refractivity contribution is -0.121. The number of nitrogens with one attached hydrogen (secondary N) is 2. The Balaban J connectivity index is 1.84. The SMILES string of the molecule is CC(=O)c1cccc(NC(=S)NC(=O)COc2ccc(C(C)(C)C)cc2)c1. The fraction of sp³-hybridized carbons (Fsp3) is 0.286. The molecule has 2 aromatic rings. The second kappa shape index (κ2) is 8.77. The molecule has 0 aliphatic carbocycles. The van der Waals surface area contributed by atoms with E-state index in [0.717, 1.165) is 0 Å². The maximum atomic E-state index is 12.0. The number of hydrogen-bond donors (Lipinski definition) is 2. The van der Waals surface area contributed by atoms with Gasteiger partial charge in [-0.3, -0.25) is 14.9 Å². The molecule has 0 radical (unpaired) electrons. The fourth-order valence-electron chi connectivity index (χ4n) is 2.34. The van der Waals surface area contributed by atoms with E-state index in [1.807, 2.05) is 24.3 Å². The Morgan fingerprint density at radius 1 is 1.07 bits per heavy atom. The molecule has 1 amide bonds. The number of carbonyl (C=O) groups is 2. The van der Waals surface area contributed by atoms with Crippen LogP contribution >= 0.6 is 12.2 Å². The standard InChI is InChI=1S/C21H24N2O3S/c1-14(24)15-6-5-7-17(12-15)22-20(27)23-19(25)13-26-18-10-8-16(9-11-18)21(2,3)4/h5-12H,13H2,1-4H3,(H2,22,23,25,27). The molecule has 0 heterocycles. The van der Waals surface area contributed by atoms with E-state index in [1.165, 1.54) is 12.5 Å². The van der Waals surface area contributed by atoms with Crippen molar-refractivity contribution in [2.75, 3.05) is 11.9 Å². The summed E-state index contributed by atoms with van der Waals surface area (Å²) in [6, 6.07) is 14.6. The van der Waals surface area contributed by atoms with Gasteiger partial charge in [0.2, 0.25) is 0 Å². The molecule has 2 rings (SSSR count). The van der Waals surface area contributed by atoms with Gasteiger partial charge >= 0.3 is 0 Å². The highest BCUT2D eigenvalue weighted by Gasteiger charge is 2.13. The highest BCUT2D eigenvalue weighted by atomic mass is 32.1. The van der Waals surface area contributed by atoms with Crippen molar-refractivity contribution >= 4 is 34.7 Å². The fourth-order valence-corrected chi connectivity index (χ4v) is 2.57. The van der Waals surface area contributed by atoms with E-state index in [9.17, 15) is 9.59 Å². The van der Waals surface area contributed by atoms with Crippen molar-refractivity contribution < 1.29 is 14.3 Å². The smallest absolute Gasteiger partial charge is 0.264 e. The maximum absolute atomic E-state index is 12.0. The van der Waals surface area contributed by atoms with Crippen molar-refractivity contribution in [3.63, 3.8) is 0 Å². The van der Waals surface area contributed by atoms with E-state index < -0.39 is 0 Å². The number of anilines is 1. The van der Waals surface area contributed by atoms with Crippen molar-refractivity contribution in [2.24, 2.45) is 0 Å². The molecule has 0 unspecified atom stereocenters. The Morgan fingerprint density at radius 3 is 2.33 bits per heavy atom. The lowest BCUT2D eigenvalue weighted by Gasteiger charge is -2.19. The number of Topliss-reactive ketones (excluding diaryl/α,β-unsaturated/α-hetero) is 1. The van der Waals surface area contributed by atoms with Crippen LogP contribution in [0.15, 0.2) is 48.5 Å². The van der Waals surface area contributed by atoms with Gasteiger partial charge in [0.15, 0.2) is 17.5 Å². The van der Waals surface area contributed by atoms with Crippen LogP contribution in [0.4, 0.5) is 5.69 Å². The maximum Gasteiger partial charge on any atom is 0.264 e. The lowest BCUT2D eigenvalue weighted by atomic mass is 9.87. The van der Waals surface area contributed by atoms with Crippen molar-refractivity contribution in [1.82, 2.24) is 5.32 Å². The first-order valence-electron chi connectivity index (χ1n) is 8.60. The van der Waals surface area contributed by atoms with Gasteiger partial charge in [0.1, 0.15) is 5.75 Å². The molecule has 142 valence electrons. The Kier molecular flexibility index (Phi) is 6.69. The Morgan fingerprint density at radius 2 is 1.74 bits per heavy atom. The van der Waals surface area contributed by atoms with Crippen LogP contribution in [0, 0.1) is 0 Å². The minimum absolute atomic E-state index is 0.0421. The van der Waals surface area contributed by atoms with Gasteiger partial charge < -0.3 is 10.1 Å². The number of benzene rings is 2. The summed E-state index contributed by atoms with van der Waals surface area (Å²) in [5, 5.41) is 5.58. The predicted molar refractivity (Wildman–Crippen MR) is 111 cm³/mol. The molecular formula is C21H24N2O3S. The minimum Gasteiger partial charge on any atom is -0.484 e. The first-order chi connectivity index (χ1) is 12.6. The zero-order valence-corrected chi connectivity index (χ0v) is 16.8. The molecule has 0 spiro atoms. The van der Waals surface area contributed by atoms with Crippen molar-refractivity contribution in [1.29, 1.82) is 0 Å². The lowest BCUT2D eigenvalue weighted by Crippen LogP contribution is -2.37. The van der Waals surface area contributed by atoms with Crippen LogP contribution < -0.4 is 15.4 Å². The molecule has 27 heavy (non-hydrogen) atoms. The topological polar surface area (TPSA) is 67.4 Å². The molecule has 0 bridgehead atoms. The van der Waals surface area contributed by atoms with Gasteiger partial charge in [-0.05, 0) is 54.4 Å². The van der Waals surface area contributed by atoms with Gasteiger partial charge in [-0.2, -0.15) is 0 Å². The number of ketones is 1. The predicted octanol–water partition coefficient (Wildman–Crippen LogP) is 4.08. The van der Waals surface area contributed by atoms with E-state index in [0.29, 0.717) is 17.0 Å². The molecule has 0 aliphatic rings. The van der Waals surface area contributed by atoms with Crippen LogP contribution in [-0.2, 0) is 10.2 Å². The first kappa shape index (κ1) is 20.6. The van der Waals surface area contributed by atoms with Gasteiger partial charge in [-0.25, -0.2) is 0 Å². The van der Waals surface area contributed by atoms with Crippen molar-refractivity contribution in [3.8, 4) is 5.75 Å². The Hall–Kier alpha value is -2.73. The summed E-state index contributed by atoms with van der Waals surface area (Å²) < 4.78 is 5.49. The van der Waals surface area contributed by atoms with Crippen LogP contribution in [0.5, 0.6) is 5.75 Å². The number of ether oxygens (including phenoxy) is 1. The molecule has 0 aliphatic heterocycles. The largest absolute Gasteiger partial charge is 0.484 e. The van der Waals surface area contributed by atoms with Crippen molar-refractivity contribution in [3.05, 3.63) is 59.7 Å². The molecule has 0 atom stereocenters. The number of rotatable bonds is 5. The number of thiocarbonyl (C=S) groups is 1. The summed E-state index contributed by atoms with van der Waals surface area (Å²) in [6.07, 6.45) is 0. The zero-order chi connectivity index (χ0) is 20.0. The monoisotopic (exact) mass is 384 g/mol. The van der Waals surface area contributed by atoms with Crippen LogP contribution in [-0.4, -0.2) is 23.4 Å². The highest BCUT2D eigenvalue weighted by Crippen LogP contribution is 2.24. The quantitative estimate of drug-likeness (QED) is 0.601. The zero-order valence-electron chi connectivity index (χ0n) is 16.0. The molecule has 6 heteroatoms. The molecular weight excluding hydrogens is 360 g/mol. The normalized spacial score (nSPS) is 10.8. The summed E-state index contributed by atoms with van der Waals surface area (Å²) in [6.45, 7) is 7.75. The molecule has 0 saturated carbocycles. The number of amides is 1. The minimum atomic E-state index is -0.366. The molecule has 0 fully saturated rings. The highest BCUT2D eigenvalue weighted by molar-refractivity contribution is 7.80. The molecule has 2 aromatic carbocycles. The summed E-state index contributed by atoms with van der Waals surface area (Å²) in [5.74, 6) is 0.209. The third-order valence-corrected chi connectivity index (χ3v) is 4.07. The molecule has 0 aromatic heterocycles. The molecule has 5 nitrogen and oxygen atoms in total. The van der Waals surface area contributed by atoms with E-state index in [4.69, 9.17) is 17.0 Å². The Bertz CT molecular complexity index is 839. The van der Waals surface area contributed by atoms with Crippen molar-refractivity contribution in [2.45, 2.75) is 33.1 Å². The average Bonchev–Trinajstić information content (AvgIpc) is 2.59. The van der Waals surface area contributed by atoms with Crippen LogP contribution in [0.2, 0.25) is 0 Å². The first-order valence-corrected chi connectivity index (χ1v) is 9.01. The average molecular weight is 385 g/mol. The van der Waals surface area contributed by atoms with E-state index in [2.05, 4.69) is 31.4 Å². The van der Waals surface area contributed by atoms with Gasteiger partial charge in [-0.15, -0.1) is 0 Å². The van der Waals surface area contributed by atoms with Crippen LogP contribution in [0.3, 0.4) is 0 Å². The summed E-state index contributed by atoms with van der Waals surface area (Å²) in [4.78, 5) is 23.4. The third kappa shape index (κ3) is 6.49. The van der Waals surface area contributed by atoms with Crippen LogP contribution in [0.1, 0.15) is 43.6 Å². The van der Waals surface area contributed by atoms with Crippen LogP contribution in [0.25, 0.3) is 0 Å². The molecule has 0 saturated heterocycles. The second-order valence-corrected chi connectivity index (χ2v) is 7.61. The van der Waals surface area contributed by atoms with Gasteiger partial charge in [0.25, 0.3) is 5.91 Å². The molecule has 2 N–H and O–H groups in total. The van der Waals surface area contributed by atoms with E-state index in [1.54, 1.807) is 24.3 Å². The van der Waals surface area contributed by atoms with Gasteiger partial charge in [0, 0.05) is 11.3 Å². The van der Waals surface area contributed by atoms with E-state index >= 15 is 0 Å².